The molecule has 128 valence electrons. The molecule has 0 saturated carbocycles. The summed E-state index contributed by atoms with van der Waals surface area (Å²) < 4.78 is 2.42. The molecular formula is C19H26N4O. The van der Waals surface area contributed by atoms with Gasteiger partial charge in [-0.1, -0.05) is 19.1 Å². The van der Waals surface area contributed by atoms with Crippen molar-refractivity contribution in [3.8, 4) is 0 Å². The minimum atomic E-state index is 0.0572. The highest BCUT2D eigenvalue weighted by atomic mass is 16.2. The molecule has 2 saturated heterocycles. The Kier molecular flexibility index (Phi) is 4.27. The van der Waals surface area contributed by atoms with Gasteiger partial charge in [-0.3, -0.25) is 4.79 Å². The number of hydrogen-bond donors (Lipinski definition) is 1. The first-order valence-electron chi connectivity index (χ1n) is 9.26. The molecule has 24 heavy (non-hydrogen) atoms. The van der Waals surface area contributed by atoms with Gasteiger partial charge < -0.3 is 14.8 Å². The number of aromatic nitrogens is 2. The number of hydrogen-bond acceptors (Lipinski definition) is 3. The van der Waals surface area contributed by atoms with Crippen molar-refractivity contribution in [3.63, 3.8) is 0 Å². The summed E-state index contributed by atoms with van der Waals surface area (Å²) in [6.07, 6.45) is 5.09. The molecule has 0 radical (unpaired) electrons. The maximum Gasteiger partial charge on any atom is 0.239 e. The van der Waals surface area contributed by atoms with Crippen molar-refractivity contribution in [2.45, 2.75) is 51.1 Å². The van der Waals surface area contributed by atoms with Crippen LogP contribution in [0.25, 0.3) is 11.0 Å². The Morgan fingerprint density at radius 3 is 2.75 bits per heavy atom. The van der Waals surface area contributed by atoms with Crippen molar-refractivity contribution < 1.29 is 4.79 Å². The van der Waals surface area contributed by atoms with Crippen molar-refractivity contribution in [1.82, 2.24) is 19.8 Å². The number of nitrogens with zero attached hydrogens (tertiary/aromatic N) is 3. The number of likely N-dealkylation sites (tertiary alicyclic amines) is 1. The number of nitrogens with one attached hydrogen (secondary N) is 1. The van der Waals surface area contributed by atoms with Crippen LogP contribution in [0.4, 0.5) is 0 Å². The van der Waals surface area contributed by atoms with E-state index in [0.29, 0.717) is 11.9 Å². The van der Waals surface area contributed by atoms with E-state index in [1.165, 1.54) is 11.3 Å². The van der Waals surface area contributed by atoms with Gasteiger partial charge in [0.05, 0.1) is 17.1 Å². The van der Waals surface area contributed by atoms with Gasteiger partial charge in [0.15, 0.2) is 0 Å². The molecule has 0 aliphatic carbocycles. The molecule has 0 unspecified atom stereocenters. The van der Waals surface area contributed by atoms with Crippen LogP contribution in [0.15, 0.2) is 24.3 Å². The second-order valence-electron chi connectivity index (χ2n) is 6.95. The van der Waals surface area contributed by atoms with E-state index >= 15 is 0 Å². The third-order valence-electron chi connectivity index (χ3n) is 5.48. The Hall–Kier alpha value is -1.88. The predicted octanol–water partition coefficient (Wildman–Crippen LogP) is 2.51. The lowest BCUT2D eigenvalue weighted by Gasteiger charge is -2.35. The van der Waals surface area contributed by atoms with Gasteiger partial charge in [0, 0.05) is 25.6 Å². The number of para-hydroxylation sites is 2. The van der Waals surface area contributed by atoms with Crippen LogP contribution in [0.5, 0.6) is 0 Å². The van der Waals surface area contributed by atoms with Gasteiger partial charge in [0.25, 0.3) is 0 Å². The Balaban J connectivity index is 1.51. The zero-order valence-corrected chi connectivity index (χ0v) is 14.4. The summed E-state index contributed by atoms with van der Waals surface area (Å²) >= 11 is 0. The van der Waals surface area contributed by atoms with E-state index in [2.05, 4.69) is 46.0 Å². The summed E-state index contributed by atoms with van der Waals surface area (Å²) in [5.74, 6) is 1.47. The molecule has 1 N–H and O–H groups in total. The molecule has 0 spiro atoms. The Morgan fingerprint density at radius 2 is 2.04 bits per heavy atom. The molecule has 1 amide bonds. The molecule has 5 heteroatoms. The van der Waals surface area contributed by atoms with Gasteiger partial charge in [-0.15, -0.1) is 0 Å². The summed E-state index contributed by atoms with van der Waals surface area (Å²) in [4.78, 5) is 19.4. The lowest BCUT2D eigenvalue weighted by Crippen LogP contribution is -2.47. The Bertz CT molecular complexity index is 724. The second-order valence-corrected chi connectivity index (χ2v) is 6.95. The highest BCUT2D eigenvalue weighted by Gasteiger charge is 2.31. The minimum Gasteiger partial charge on any atom is -0.341 e. The Labute approximate surface area is 143 Å². The number of imidazole rings is 1. The molecule has 5 nitrogen and oxygen atoms in total. The molecule has 2 aliphatic rings. The van der Waals surface area contributed by atoms with Crippen molar-refractivity contribution in [2.75, 3.05) is 19.6 Å². The topological polar surface area (TPSA) is 50.2 Å². The molecule has 2 fully saturated rings. The summed E-state index contributed by atoms with van der Waals surface area (Å²) in [5.41, 5.74) is 2.32. The minimum absolute atomic E-state index is 0.0572. The molecule has 3 heterocycles. The third kappa shape index (κ3) is 2.71. The van der Waals surface area contributed by atoms with Gasteiger partial charge in [-0.25, -0.2) is 4.98 Å². The van der Waals surface area contributed by atoms with Crippen LogP contribution in [0, 0.1) is 0 Å². The first kappa shape index (κ1) is 15.6. The number of carbonyl (C=O) groups excluding carboxylic acids is 1. The van der Waals surface area contributed by atoms with Crippen LogP contribution >= 0.6 is 0 Å². The van der Waals surface area contributed by atoms with Crippen LogP contribution in [0.3, 0.4) is 0 Å². The molecule has 1 aromatic heterocycles. The SMILES string of the molecule is CCc1nc2ccccc2n1C1CCN(C(=O)[C@H]2CCCN2)CC1. The summed E-state index contributed by atoms with van der Waals surface area (Å²) in [6, 6.07) is 8.91. The Morgan fingerprint density at radius 1 is 1.25 bits per heavy atom. The molecule has 1 aromatic carbocycles. The number of piperidine rings is 1. The number of carbonyl (C=O) groups is 1. The van der Waals surface area contributed by atoms with Crippen LogP contribution in [-0.2, 0) is 11.2 Å². The van der Waals surface area contributed by atoms with Gasteiger partial charge in [-0.2, -0.15) is 0 Å². The molecule has 0 bridgehead atoms. The number of benzene rings is 1. The van der Waals surface area contributed by atoms with Crippen LogP contribution < -0.4 is 5.32 Å². The standard InChI is InChI=1S/C19H26N4O/c1-2-18-21-15-6-3-4-8-17(15)23(18)14-9-12-22(13-10-14)19(24)16-7-5-11-20-16/h3-4,6,8,14,16,20H,2,5,7,9-13H2,1H3/t16-/m1/s1. The molecule has 1 atom stereocenters. The first-order valence-corrected chi connectivity index (χ1v) is 9.26. The van der Waals surface area contributed by atoms with E-state index in [1.807, 2.05) is 0 Å². The molecule has 2 aliphatic heterocycles. The van der Waals surface area contributed by atoms with E-state index in [4.69, 9.17) is 4.98 Å². The average Bonchev–Trinajstić information content (AvgIpc) is 3.28. The molecule has 4 rings (SSSR count). The second kappa shape index (κ2) is 6.55. The summed E-state index contributed by atoms with van der Waals surface area (Å²) in [7, 11) is 0. The monoisotopic (exact) mass is 326 g/mol. The van der Waals surface area contributed by atoms with Crippen molar-refractivity contribution in [3.05, 3.63) is 30.1 Å². The van der Waals surface area contributed by atoms with Crippen LogP contribution in [0.2, 0.25) is 0 Å². The quantitative estimate of drug-likeness (QED) is 0.943. The molecule has 2 aromatic rings. The maximum atomic E-state index is 12.6. The smallest absolute Gasteiger partial charge is 0.239 e. The van der Waals surface area contributed by atoms with E-state index < -0.39 is 0 Å². The largest absolute Gasteiger partial charge is 0.341 e. The highest BCUT2D eigenvalue weighted by Crippen LogP contribution is 2.29. The fourth-order valence-corrected chi connectivity index (χ4v) is 4.21. The van der Waals surface area contributed by atoms with Gasteiger partial charge >= 0.3 is 0 Å². The summed E-state index contributed by atoms with van der Waals surface area (Å²) in [5, 5.41) is 3.33. The maximum absolute atomic E-state index is 12.6. The zero-order valence-electron chi connectivity index (χ0n) is 14.4. The fraction of sp³-hybridized carbons (Fsp3) is 0.579. The zero-order chi connectivity index (χ0) is 16.5. The normalized spacial score (nSPS) is 22.4. The third-order valence-corrected chi connectivity index (χ3v) is 5.48. The van der Waals surface area contributed by atoms with Gasteiger partial charge in [-0.05, 0) is 44.4 Å². The number of fused-ring (bicyclic) bond motifs is 1. The predicted molar refractivity (Wildman–Crippen MR) is 95.0 cm³/mol. The number of amides is 1. The van der Waals surface area contributed by atoms with Crippen molar-refractivity contribution in [2.24, 2.45) is 0 Å². The number of rotatable bonds is 3. The molecular weight excluding hydrogens is 300 g/mol. The highest BCUT2D eigenvalue weighted by molar-refractivity contribution is 5.82. The van der Waals surface area contributed by atoms with E-state index in [1.54, 1.807) is 0 Å². The van der Waals surface area contributed by atoms with E-state index in [-0.39, 0.29) is 6.04 Å². The first-order chi connectivity index (χ1) is 11.8. The summed E-state index contributed by atoms with van der Waals surface area (Å²) in [6.45, 7) is 4.87. The average molecular weight is 326 g/mol. The van der Waals surface area contributed by atoms with Gasteiger partial charge in [0.1, 0.15) is 5.82 Å². The van der Waals surface area contributed by atoms with Crippen molar-refractivity contribution >= 4 is 16.9 Å². The van der Waals surface area contributed by atoms with Crippen molar-refractivity contribution in [1.29, 1.82) is 0 Å². The number of aryl methyl sites for hydroxylation is 1. The van der Waals surface area contributed by atoms with Gasteiger partial charge in [0.2, 0.25) is 5.91 Å². The van der Waals surface area contributed by atoms with E-state index in [0.717, 1.165) is 57.3 Å². The van der Waals surface area contributed by atoms with E-state index in [9.17, 15) is 4.79 Å². The lowest BCUT2D eigenvalue weighted by atomic mass is 10.0. The fourth-order valence-electron chi connectivity index (χ4n) is 4.21. The van der Waals surface area contributed by atoms with Crippen LogP contribution in [0.1, 0.15) is 44.5 Å². The van der Waals surface area contributed by atoms with Crippen LogP contribution in [-0.4, -0.2) is 46.0 Å². The lowest BCUT2D eigenvalue weighted by molar-refractivity contribution is -0.134.